The van der Waals surface area contributed by atoms with Crippen LogP contribution in [0.15, 0.2) is 29.1 Å². The standard InChI is InChI=1S/C13H14BrN5O2/c1-21-12-7-19(6-9(12)11-5-16-18-17-11)13(20)8-2-3-15-4-10(8)14/h2-5,9,12H,6-7H2,1H3,(H,16,17,18)/t9-,12+/m0/s1. The summed E-state index contributed by atoms with van der Waals surface area (Å²) in [6.07, 6.45) is 4.82. The second-order valence-electron chi connectivity index (χ2n) is 4.84. The van der Waals surface area contributed by atoms with Gasteiger partial charge in [-0.25, -0.2) is 0 Å². The molecular weight excluding hydrogens is 338 g/mol. The summed E-state index contributed by atoms with van der Waals surface area (Å²) in [4.78, 5) is 18.4. The first-order valence-electron chi connectivity index (χ1n) is 6.48. The molecule has 7 nitrogen and oxygen atoms in total. The fourth-order valence-electron chi connectivity index (χ4n) is 2.57. The van der Waals surface area contributed by atoms with Crippen molar-refractivity contribution in [2.24, 2.45) is 0 Å². The van der Waals surface area contributed by atoms with Gasteiger partial charge < -0.3 is 9.64 Å². The molecule has 0 aliphatic carbocycles. The molecule has 0 unspecified atom stereocenters. The van der Waals surface area contributed by atoms with E-state index >= 15 is 0 Å². The number of amides is 1. The van der Waals surface area contributed by atoms with E-state index in [9.17, 15) is 4.79 Å². The number of carbonyl (C=O) groups is 1. The van der Waals surface area contributed by atoms with Gasteiger partial charge in [-0.05, 0) is 22.0 Å². The molecule has 1 saturated heterocycles. The topological polar surface area (TPSA) is 84.0 Å². The van der Waals surface area contributed by atoms with Crippen molar-refractivity contribution in [3.63, 3.8) is 0 Å². The number of nitrogens with zero attached hydrogens (tertiary/aromatic N) is 4. The predicted molar refractivity (Wildman–Crippen MR) is 77.8 cm³/mol. The maximum absolute atomic E-state index is 12.6. The number of methoxy groups -OCH3 is 1. The van der Waals surface area contributed by atoms with Crippen LogP contribution in [0.4, 0.5) is 0 Å². The zero-order valence-corrected chi connectivity index (χ0v) is 12.9. The second kappa shape index (κ2) is 5.90. The zero-order valence-electron chi connectivity index (χ0n) is 11.4. The van der Waals surface area contributed by atoms with Crippen molar-refractivity contribution < 1.29 is 9.53 Å². The molecule has 0 bridgehead atoms. The molecule has 21 heavy (non-hydrogen) atoms. The van der Waals surface area contributed by atoms with Crippen molar-refractivity contribution in [1.29, 1.82) is 0 Å². The Kier molecular flexibility index (Phi) is 3.98. The Balaban J connectivity index is 1.82. The van der Waals surface area contributed by atoms with Crippen molar-refractivity contribution in [2.75, 3.05) is 20.2 Å². The van der Waals surface area contributed by atoms with Crippen LogP contribution in [-0.4, -0.2) is 57.5 Å². The van der Waals surface area contributed by atoms with Gasteiger partial charge in [0, 0.05) is 37.1 Å². The van der Waals surface area contributed by atoms with Crippen molar-refractivity contribution in [1.82, 2.24) is 25.3 Å². The summed E-state index contributed by atoms with van der Waals surface area (Å²) < 4.78 is 6.18. The molecule has 1 fully saturated rings. The minimum atomic E-state index is -0.0836. The smallest absolute Gasteiger partial charge is 0.255 e. The van der Waals surface area contributed by atoms with Gasteiger partial charge in [0.1, 0.15) is 0 Å². The van der Waals surface area contributed by atoms with E-state index in [0.717, 1.165) is 5.69 Å². The highest BCUT2D eigenvalue weighted by Gasteiger charge is 2.38. The number of carbonyl (C=O) groups excluding carboxylic acids is 1. The molecule has 1 aliphatic heterocycles. The summed E-state index contributed by atoms with van der Waals surface area (Å²) in [5, 5.41) is 10.5. The monoisotopic (exact) mass is 351 g/mol. The maximum Gasteiger partial charge on any atom is 0.255 e. The molecule has 0 aromatic carbocycles. The van der Waals surface area contributed by atoms with Crippen LogP contribution in [0.1, 0.15) is 22.0 Å². The van der Waals surface area contributed by atoms with Crippen LogP contribution >= 0.6 is 15.9 Å². The highest BCUT2D eigenvalue weighted by molar-refractivity contribution is 9.10. The van der Waals surface area contributed by atoms with Gasteiger partial charge in [0.05, 0.1) is 29.5 Å². The molecule has 1 aliphatic rings. The lowest BCUT2D eigenvalue weighted by atomic mass is 10.0. The number of pyridine rings is 1. The molecule has 3 heterocycles. The van der Waals surface area contributed by atoms with Gasteiger partial charge in [-0.3, -0.25) is 9.78 Å². The Morgan fingerprint density at radius 2 is 2.33 bits per heavy atom. The number of hydrogen-bond acceptors (Lipinski definition) is 5. The van der Waals surface area contributed by atoms with Crippen molar-refractivity contribution in [3.05, 3.63) is 40.4 Å². The molecular formula is C13H14BrN5O2. The average molecular weight is 352 g/mol. The number of ether oxygens (including phenoxy) is 1. The molecule has 0 saturated carbocycles. The molecule has 110 valence electrons. The third-order valence-electron chi connectivity index (χ3n) is 3.67. The van der Waals surface area contributed by atoms with Crippen LogP contribution in [0.5, 0.6) is 0 Å². The van der Waals surface area contributed by atoms with E-state index in [2.05, 4.69) is 36.3 Å². The highest BCUT2D eigenvalue weighted by Crippen LogP contribution is 2.29. The van der Waals surface area contributed by atoms with E-state index in [0.29, 0.717) is 23.1 Å². The summed E-state index contributed by atoms with van der Waals surface area (Å²) in [5.74, 6) is -0.0179. The van der Waals surface area contributed by atoms with Crippen molar-refractivity contribution in [3.8, 4) is 0 Å². The van der Waals surface area contributed by atoms with E-state index in [4.69, 9.17) is 4.74 Å². The number of hydrogen-bond donors (Lipinski definition) is 1. The lowest BCUT2D eigenvalue weighted by Crippen LogP contribution is -2.30. The number of rotatable bonds is 3. The van der Waals surface area contributed by atoms with Crippen LogP contribution in [0.25, 0.3) is 0 Å². The largest absolute Gasteiger partial charge is 0.379 e. The Morgan fingerprint density at radius 3 is 3.00 bits per heavy atom. The molecule has 1 amide bonds. The number of aromatic nitrogens is 4. The Labute approximate surface area is 129 Å². The summed E-state index contributed by atoms with van der Waals surface area (Å²) >= 11 is 3.36. The fraction of sp³-hybridized carbons (Fsp3) is 0.385. The molecule has 8 heteroatoms. The second-order valence-corrected chi connectivity index (χ2v) is 5.70. The van der Waals surface area contributed by atoms with Gasteiger partial charge in [0.25, 0.3) is 5.91 Å². The fourth-order valence-corrected chi connectivity index (χ4v) is 2.99. The van der Waals surface area contributed by atoms with E-state index < -0.39 is 0 Å². The quantitative estimate of drug-likeness (QED) is 0.898. The summed E-state index contributed by atoms with van der Waals surface area (Å²) in [5.41, 5.74) is 1.41. The van der Waals surface area contributed by atoms with Gasteiger partial charge in [0.2, 0.25) is 0 Å². The molecule has 2 atom stereocenters. The zero-order chi connectivity index (χ0) is 14.8. The van der Waals surface area contributed by atoms with E-state index in [1.807, 2.05) is 0 Å². The van der Waals surface area contributed by atoms with Gasteiger partial charge in [0.15, 0.2) is 0 Å². The van der Waals surface area contributed by atoms with E-state index in [1.165, 1.54) is 0 Å². The van der Waals surface area contributed by atoms with Crippen LogP contribution in [-0.2, 0) is 4.74 Å². The molecule has 0 spiro atoms. The van der Waals surface area contributed by atoms with Crippen molar-refractivity contribution >= 4 is 21.8 Å². The average Bonchev–Trinajstić information content (AvgIpc) is 3.15. The van der Waals surface area contributed by atoms with Gasteiger partial charge >= 0.3 is 0 Å². The molecule has 2 aromatic heterocycles. The Morgan fingerprint density at radius 1 is 1.48 bits per heavy atom. The van der Waals surface area contributed by atoms with E-state index in [1.54, 1.807) is 36.7 Å². The third-order valence-corrected chi connectivity index (χ3v) is 4.30. The highest BCUT2D eigenvalue weighted by atomic mass is 79.9. The first kappa shape index (κ1) is 14.2. The Hall–Kier alpha value is -1.80. The Bertz CT molecular complexity index is 633. The number of aromatic amines is 1. The van der Waals surface area contributed by atoms with Gasteiger partial charge in [-0.1, -0.05) is 0 Å². The van der Waals surface area contributed by atoms with Crippen LogP contribution in [0.3, 0.4) is 0 Å². The normalized spacial score (nSPS) is 21.7. The SMILES string of the molecule is CO[C@@H]1CN(C(=O)c2ccncc2Br)C[C@H]1c1cn[nH]n1. The number of likely N-dealkylation sites (tertiary alicyclic amines) is 1. The predicted octanol–water partition coefficient (Wildman–Crippen LogP) is 1.22. The van der Waals surface area contributed by atoms with Crippen LogP contribution < -0.4 is 0 Å². The van der Waals surface area contributed by atoms with E-state index in [-0.39, 0.29) is 17.9 Å². The molecule has 3 rings (SSSR count). The number of nitrogens with one attached hydrogen (secondary N) is 1. The molecule has 1 N–H and O–H groups in total. The first-order valence-corrected chi connectivity index (χ1v) is 7.27. The minimum absolute atomic E-state index is 0.0262. The molecule has 0 radical (unpaired) electrons. The maximum atomic E-state index is 12.6. The lowest BCUT2D eigenvalue weighted by molar-refractivity contribution is 0.0713. The number of halogens is 1. The third kappa shape index (κ3) is 2.68. The summed E-state index contributed by atoms with van der Waals surface area (Å²) in [6.45, 7) is 1.08. The van der Waals surface area contributed by atoms with Crippen molar-refractivity contribution in [2.45, 2.75) is 12.0 Å². The summed E-state index contributed by atoms with van der Waals surface area (Å²) in [7, 11) is 1.65. The first-order chi connectivity index (χ1) is 10.2. The van der Waals surface area contributed by atoms with Gasteiger partial charge in [-0.15, -0.1) is 0 Å². The lowest BCUT2D eigenvalue weighted by Gasteiger charge is -2.16. The van der Waals surface area contributed by atoms with Crippen LogP contribution in [0.2, 0.25) is 0 Å². The number of H-pyrrole nitrogens is 1. The minimum Gasteiger partial charge on any atom is -0.379 e. The van der Waals surface area contributed by atoms with Crippen LogP contribution in [0, 0.1) is 0 Å². The summed E-state index contributed by atoms with van der Waals surface area (Å²) in [6, 6.07) is 1.71. The van der Waals surface area contributed by atoms with Gasteiger partial charge in [-0.2, -0.15) is 15.4 Å². The molecule has 2 aromatic rings.